The van der Waals surface area contributed by atoms with Crippen LogP contribution in [0.4, 0.5) is 10.5 Å². The van der Waals surface area contributed by atoms with Crippen molar-refractivity contribution in [1.82, 2.24) is 10.2 Å². The molecule has 1 unspecified atom stereocenters. The first-order valence-electron chi connectivity index (χ1n) is 8.89. The van der Waals surface area contributed by atoms with E-state index in [2.05, 4.69) is 15.5 Å². The Kier molecular flexibility index (Phi) is 6.82. The molecule has 2 amide bonds. The van der Waals surface area contributed by atoms with Gasteiger partial charge in [0.1, 0.15) is 5.60 Å². The fourth-order valence-electron chi connectivity index (χ4n) is 2.95. The van der Waals surface area contributed by atoms with Crippen molar-refractivity contribution in [3.63, 3.8) is 0 Å². The number of nitrogens with one attached hydrogen (secondary N) is 2. The zero-order valence-corrected chi connectivity index (χ0v) is 15.4. The van der Waals surface area contributed by atoms with E-state index in [1.165, 1.54) is 0 Å². The number of nitrogens with zero attached hydrogens (tertiary/aromatic N) is 1. The Morgan fingerprint density at radius 3 is 2.60 bits per heavy atom. The van der Waals surface area contributed by atoms with E-state index in [9.17, 15) is 9.59 Å². The van der Waals surface area contributed by atoms with Gasteiger partial charge in [-0.15, -0.1) is 0 Å². The van der Waals surface area contributed by atoms with E-state index in [1.807, 2.05) is 51.1 Å². The van der Waals surface area contributed by atoms with Crippen molar-refractivity contribution < 1.29 is 14.3 Å². The molecular weight excluding hydrogens is 318 g/mol. The summed E-state index contributed by atoms with van der Waals surface area (Å²) in [5, 5.41) is 5.72. The first-order chi connectivity index (χ1) is 11.8. The number of benzene rings is 1. The van der Waals surface area contributed by atoms with Crippen LogP contribution >= 0.6 is 0 Å². The summed E-state index contributed by atoms with van der Waals surface area (Å²) in [7, 11) is 0. The van der Waals surface area contributed by atoms with E-state index < -0.39 is 5.60 Å². The molecule has 0 saturated carbocycles. The fraction of sp³-hybridized carbons (Fsp3) is 0.579. The standard InChI is InChI=1S/C19H29N3O3/c1-19(2,3)25-17(23)14-22-12-8-7-11-16(22)13-20-18(24)21-15-9-5-4-6-10-15/h4-6,9-10,16H,7-8,11-14H2,1-3H3,(H2,20,21,24). The minimum absolute atomic E-state index is 0.155. The Morgan fingerprint density at radius 2 is 1.92 bits per heavy atom. The Morgan fingerprint density at radius 1 is 1.20 bits per heavy atom. The highest BCUT2D eigenvalue weighted by Gasteiger charge is 2.26. The molecule has 1 fully saturated rings. The third-order valence-electron chi connectivity index (χ3n) is 4.03. The first-order valence-corrected chi connectivity index (χ1v) is 8.89. The molecule has 1 saturated heterocycles. The van der Waals surface area contributed by atoms with Gasteiger partial charge >= 0.3 is 12.0 Å². The maximum atomic E-state index is 12.1. The number of anilines is 1. The summed E-state index contributed by atoms with van der Waals surface area (Å²) in [6.45, 7) is 7.24. The van der Waals surface area contributed by atoms with Gasteiger partial charge in [-0.2, -0.15) is 0 Å². The van der Waals surface area contributed by atoms with Gasteiger partial charge in [-0.05, 0) is 52.3 Å². The van der Waals surface area contributed by atoms with Crippen molar-refractivity contribution in [3.05, 3.63) is 30.3 Å². The van der Waals surface area contributed by atoms with Crippen LogP contribution < -0.4 is 10.6 Å². The van der Waals surface area contributed by atoms with Gasteiger partial charge in [0.15, 0.2) is 0 Å². The van der Waals surface area contributed by atoms with Crippen LogP contribution in [0.15, 0.2) is 30.3 Å². The molecule has 2 rings (SSSR count). The molecule has 6 heteroatoms. The van der Waals surface area contributed by atoms with Crippen molar-refractivity contribution in [2.24, 2.45) is 0 Å². The number of carbonyl (C=O) groups excluding carboxylic acids is 2. The van der Waals surface area contributed by atoms with Crippen molar-refractivity contribution in [3.8, 4) is 0 Å². The largest absolute Gasteiger partial charge is 0.459 e. The second-order valence-electron chi connectivity index (χ2n) is 7.41. The Hall–Kier alpha value is -2.08. The Balaban J connectivity index is 1.81. The molecule has 25 heavy (non-hydrogen) atoms. The number of urea groups is 1. The van der Waals surface area contributed by atoms with Crippen LogP contribution in [-0.4, -0.2) is 48.2 Å². The van der Waals surface area contributed by atoms with Gasteiger partial charge in [-0.1, -0.05) is 24.6 Å². The first kappa shape index (κ1) is 19.2. The number of para-hydroxylation sites is 1. The average Bonchev–Trinajstić information content (AvgIpc) is 2.53. The highest BCUT2D eigenvalue weighted by molar-refractivity contribution is 5.89. The monoisotopic (exact) mass is 347 g/mol. The third-order valence-corrected chi connectivity index (χ3v) is 4.03. The number of amides is 2. The topological polar surface area (TPSA) is 70.7 Å². The van der Waals surface area contributed by atoms with Crippen LogP contribution in [0.1, 0.15) is 40.0 Å². The molecule has 1 heterocycles. The second kappa shape index (κ2) is 8.85. The summed E-state index contributed by atoms with van der Waals surface area (Å²) in [6.07, 6.45) is 3.14. The van der Waals surface area contributed by atoms with E-state index in [4.69, 9.17) is 4.74 Å². The van der Waals surface area contributed by atoms with Crippen molar-refractivity contribution >= 4 is 17.7 Å². The summed E-state index contributed by atoms with van der Waals surface area (Å²) in [5.41, 5.74) is 0.283. The number of hydrogen-bond donors (Lipinski definition) is 2. The Bertz CT molecular complexity index is 569. The fourth-order valence-corrected chi connectivity index (χ4v) is 2.95. The molecule has 0 radical (unpaired) electrons. The molecule has 1 atom stereocenters. The number of hydrogen-bond acceptors (Lipinski definition) is 4. The molecule has 138 valence electrons. The SMILES string of the molecule is CC(C)(C)OC(=O)CN1CCCCC1CNC(=O)Nc1ccccc1. The van der Waals surface area contributed by atoms with Gasteiger partial charge in [-0.25, -0.2) is 4.79 Å². The molecule has 1 aliphatic rings. The average molecular weight is 347 g/mol. The predicted octanol–water partition coefficient (Wildman–Crippen LogP) is 3.00. The van der Waals surface area contributed by atoms with E-state index in [0.717, 1.165) is 31.5 Å². The van der Waals surface area contributed by atoms with Crippen LogP contribution in [0.3, 0.4) is 0 Å². The molecule has 0 aromatic heterocycles. The molecule has 1 aromatic carbocycles. The summed E-state index contributed by atoms with van der Waals surface area (Å²) in [5.74, 6) is -0.215. The highest BCUT2D eigenvalue weighted by atomic mass is 16.6. The molecule has 6 nitrogen and oxygen atoms in total. The van der Waals surface area contributed by atoms with Gasteiger partial charge < -0.3 is 15.4 Å². The van der Waals surface area contributed by atoms with Crippen LogP contribution in [-0.2, 0) is 9.53 Å². The van der Waals surface area contributed by atoms with Gasteiger partial charge in [0.2, 0.25) is 0 Å². The molecule has 0 aliphatic carbocycles. The molecule has 1 aliphatic heterocycles. The van der Waals surface area contributed by atoms with Crippen LogP contribution in [0, 0.1) is 0 Å². The van der Waals surface area contributed by atoms with E-state index in [-0.39, 0.29) is 24.6 Å². The minimum atomic E-state index is -0.476. The maximum absolute atomic E-state index is 12.1. The van der Waals surface area contributed by atoms with Gasteiger partial charge in [0.25, 0.3) is 0 Å². The number of rotatable bonds is 5. The molecule has 0 bridgehead atoms. The van der Waals surface area contributed by atoms with Crippen molar-refractivity contribution in [2.45, 2.75) is 51.7 Å². The smallest absolute Gasteiger partial charge is 0.320 e. The molecule has 0 spiro atoms. The van der Waals surface area contributed by atoms with Crippen molar-refractivity contribution in [1.29, 1.82) is 0 Å². The number of ether oxygens (including phenoxy) is 1. The molecule has 1 aromatic rings. The van der Waals surface area contributed by atoms with Crippen LogP contribution in [0.25, 0.3) is 0 Å². The van der Waals surface area contributed by atoms with E-state index in [1.54, 1.807) is 0 Å². The van der Waals surface area contributed by atoms with Crippen LogP contribution in [0.5, 0.6) is 0 Å². The molecular formula is C19H29N3O3. The van der Waals surface area contributed by atoms with Gasteiger partial charge in [0, 0.05) is 18.3 Å². The maximum Gasteiger partial charge on any atom is 0.320 e. The zero-order valence-electron chi connectivity index (χ0n) is 15.4. The van der Waals surface area contributed by atoms with Crippen molar-refractivity contribution in [2.75, 3.05) is 25.0 Å². The normalized spacial score (nSPS) is 18.4. The number of carbonyl (C=O) groups is 2. The second-order valence-corrected chi connectivity index (χ2v) is 7.41. The lowest BCUT2D eigenvalue weighted by molar-refractivity contribution is -0.157. The van der Waals surface area contributed by atoms with Gasteiger partial charge in [0.05, 0.1) is 6.54 Å². The third kappa shape index (κ3) is 7.13. The number of likely N-dealkylation sites (tertiary alicyclic amines) is 1. The van der Waals surface area contributed by atoms with Crippen LogP contribution in [0.2, 0.25) is 0 Å². The molecule has 2 N–H and O–H groups in total. The highest BCUT2D eigenvalue weighted by Crippen LogP contribution is 2.17. The number of esters is 1. The van der Waals surface area contributed by atoms with E-state index >= 15 is 0 Å². The summed E-state index contributed by atoms with van der Waals surface area (Å²) < 4.78 is 5.41. The lowest BCUT2D eigenvalue weighted by atomic mass is 10.0. The summed E-state index contributed by atoms with van der Waals surface area (Å²) in [4.78, 5) is 26.2. The number of piperidine rings is 1. The quantitative estimate of drug-likeness (QED) is 0.803. The predicted molar refractivity (Wildman–Crippen MR) is 98.5 cm³/mol. The lowest BCUT2D eigenvalue weighted by Gasteiger charge is -2.35. The zero-order chi connectivity index (χ0) is 18.3. The Labute approximate surface area is 149 Å². The summed E-state index contributed by atoms with van der Waals surface area (Å²) >= 11 is 0. The van der Waals surface area contributed by atoms with E-state index in [0.29, 0.717) is 6.54 Å². The van der Waals surface area contributed by atoms with Gasteiger partial charge in [-0.3, -0.25) is 9.69 Å². The minimum Gasteiger partial charge on any atom is -0.459 e. The lowest BCUT2D eigenvalue weighted by Crippen LogP contribution is -2.49. The summed E-state index contributed by atoms with van der Waals surface area (Å²) in [6, 6.07) is 9.26.